The molecular weight excluding hydrogens is 119 g/mol. The van der Waals surface area contributed by atoms with Gasteiger partial charge in [-0.15, -0.1) is 0 Å². The van der Waals surface area contributed by atoms with Crippen LogP contribution < -0.4 is 0 Å². The predicted molar refractivity (Wildman–Crippen MR) is 32.9 cm³/mol. The molecule has 0 aromatic heterocycles. The summed E-state index contributed by atoms with van der Waals surface area (Å²) in [6, 6.07) is 0. The van der Waals surface area contributed by atoms with Gasteiger partial charge in [0, 0.05) is 6.42 Å². The van der Waals surface area contributed by atoms with Gasteiger partial charge in [0.25, 0.3) is 0 Å². The molecule has 0 aliphatic heterocycles. The molecule has 0 unspecified atom stereocenters. The van der Waals surface area contributed by atoms with E-state index in [1.165, 1.54) is 0 Å². The Kier molecular flexibility index (Phi) is 1.84. The molecular formula is C7H11FO. The third kappa shape index (κ3) is 1.50. The van der Waals surface area contributed by atoms with Crippen molar-refractivity contribution in [2.24, 2.45) is 5.92 Å². The van der Waals surface area contributed by atoms with Gasteiger partial charge >= 0.3 is 0 Å². The van der Waals surface area contributed by atoms with E-state index in [1.807, 2.05) is 6.92 Å². The Morgan fingerprint density at radius 1 is 1.67 bits per heavy atom. The van der Waals surface area contributed by atoms with Gasteiger partial charge < -0.3 is 0 Å². The van der Waals surface area contributed by atoms with E-state index in [4.69, 9.17) is 0 Å². The highest BCUT2D eigenvalue weighted by atomic mass is 19.1. The van der Waals surface area contributed by atoms with Crippen LogP contribution in [0.15, 0.2) is 0 Å². The molecule has 1 rings (SSSR count). The summed E-state index contributed by atoms with van der Waals surface area (Å²) in [5.74, 6) is 0.200. The molecule has 0 heterocycles. The van der Waals surface area contributed by atoms with Crippen molar-refractivity contribution < 1.29 is 9.18 Å². The van der Waals surface area contributed by atoms with Crippen molar-refractivity contribution in [1.82, 2.24) is 0 Å². The second-order valence-corrected chi connectivity index (χ2v) is 2.81. The molecule has 0 spiro atoms. The monoisotopic (exact) mass is 130 g/mol. The highest BCUT2D eigenvalue weighted by Gasteiger charge is 2.25. The van der Waals surface area contributed by atoms with Crippen LogP contribution in [-0.4, -0.2) is 12.0 Å². The van der Waals surface area contributed by atoms with Crippen LogP contribution in [0.25, 0.3) is 0 Å². The lowest BCUT2D eigenvalue weighted by Crippen LogP contribution is -2.24. The van der Waals surface area contributed by atoms with Gasteiger partial charge in [0.05, 0.1) is 0 Å². The lowest BCUT2D eigenvalue weighted by molar-refractivity contribution is -0.126. The third-order valence-electron chi connectivity index (χ3n) is 1.84. The second-order valence-electron chi connectivity index (χ2n) is 2.81. The van der Waals surface area contributed by atoms with E-state index >= 15 is 0 Å². The van der Waals surface area contributed by atoms with Gasteiger partial charge in [-0.2, -0.15) is 0 Å². The lowest BCUT2D eigenvalue weighted by atomic mass is 9.89. The number of Topliss-reactive ketones (excluding diaryl/α,β-unsaturated/α-hetero) is 1. The lowest BCUT2D eigenvalue weighted by Gasteiger charge is -2.19. The molecule has 1 fully saturated rings. The smallest absolute Gasteiger partial charge is 0.166 e. The highest BCUT2D eigenvalue weighted by molar-refractivity contribution is 5.83. The van der Waals surface area contributed by atoms with Crippen molar-refractivity contribution in [3.05, 3.63) is 0 Å². The fourth-order valence-corrected chi connectivity index (χ4v) is 1.15. The quantitative estimate of drug-likeness (QED) is 0.488. The summed E-state index contributed by atoms with van der Waals surface area (Å²) in [7, 11) is 0. The molecule has 1 saturated carbocycles. The number of alkyl halides is 1. The number of carbonyl (C=O) groups excluding carboxylic acids is 1. The van der Waals surface area contributed by atoms with Crippen molar-refractivity contribution in [2.75, 3.05) is 0 Å². The van der Waals surface area contributed by atoms with Crippen LogP contribution in [0, 0.1) is 5.92 Å². The Morgan fingerprint density at radius 2 is 2.33 bits per heavy atom. The molecule has 1 aliphatic carbocycles. The maximum atomic E-state index is 12.5. The zero-order valence-corrected chi connectivity index (χ0v) is 5.56. The number of rotatable bonds is 0. The minimum atomic E-state index is -1.16. The fourth-order valence-electron chi connectivity index (χ4n) is 1.15. The molecule has 52 valence electrons. The first-order valence-corrected chi connectivity index (χ1v) is 3.37. The second kappa shape index (κ2) is 2.46. The molecule has 9 heavy (non-hydrogen) atoms. The van der Waals surface area contributed by atoms with Crippen LogP contribution in [-0.2, 0) is 4.79 Å². The number of hydrogen-bond donors (Lipinski definition) is 0. The van der Waals surface area contributed by atoms with Gasteiger partial charge in [0.15, 0.2) is 12.0 Å². The molecule has 0 bridgehead atoms. The largest absolute Gasteiger partial charge is 0.296 e. The van der Waals surface area contributed by atoms with Crippen LogP contribution >= 0.6 is 0 Å². The molecule has 1 aliphatic rings. The van der Waals surface area contributed by atoms with Gasteiger partial charge in [-0.3, -0.25) is 4.79 Å². The van der Waals surface area contributed by atoms with Crippen molar-refractivity contribution in [3.8, 4) is 0 Å². The maximum absolute atomic E-state index is 12.5. The summed E-state index contributed by atoms with van der Waals surface area (Å²) in [6.45, 7) is 1.99. The van der Waals surface area contributed by atoms with E-state index in [0.29, 0.717) is 18.8 Å². The Bertz CT molecular complexity index is 122. The molecule has 1 nitrogen and oxygen atoms in total. The van der Waals surface area contributed by atoms with Crippen LogP contribution in [0.3, 0.4) is 0 Å². The highest BCUT2D eigenvalue weighted by Crippen LogP contribution is 2.22. The van der Waals surface area contributed by atoms with Crippen LogP contribution in [0.1, 0.15) is 26.2 Å². The van der Waals surface area contributed by atoms with E-state index in [1.54, 1.807) is 0 Å². The Morgan fingerprint density at radius 3 is 2.78 bits per heavy atom. The van der Waals surface area contributed by atoms with Crippen molar-refractivity contribution in [3.63, 3.8) is 0 Å². The van der Waals surface area contributed by atoms with E-state index in [-0.39, 0.29) is 5.78 Å². The average Bonchev–Trinajstić information content (AvgIpc) is 1.80. The van der Waals surface area contributed by atoms with Crippen LogP contribution in [0.4, 0.5) is 4.39 Å². The minimum absolute atomic E-state index is 0.201. The molecule has 0 amide bonds. The van der Waals surface area contributed by atoms with E-state index in [2.05, 4.69) is 0 Å². The number of halogens is 1. The zero-order chi connectivity index (χ0) is 6.85. The normalized spacial score (nSPS) is 36.9. The Balaban J connectivity index is 2.44. The molecule has 2 heteroatoms. The third-order valence-corrected chi connectivity index (χ3v) is 1.84. The van der Waals surface area contributed by atoms with Crippen molar-refractivity contribution >= 4 is 5.78 Å². The van der Waals surface area contributed by atoms with Crippen molar-refractivity contribution in [1.29, 1.82) is 0 Å². The molecule has 0 N–H and O–H groups in total. The molecule has 0 aromatic carbocycles. The summed E-state index contributed by atoms with van der Waals surface area (Å²) >= 11 is 0. The summed E-state index contributed by atoms with van der Waals surface area (Å²) < 4.78 is 12.5. The number of ketones is 1. The fraction of sp³-hybridized carbons (Fsp3) is 0.857. The van der Waals surface area contributed by atoms with Gasteiger partial charge in [-0.25, -0.2) is 4.39 Å². The first-order chi connectivity index (χ1) is 4.20. The predicted octanol–water partition coefficient (Wildman–Crippen LogP) is 1.71. The van der Waals surface area contributed by atoms with Gasteiger partial charge in [-0.05, 0) is 18.8 Å². The number of hydrogen-bond acceptors (Lipinski definition) is 1. The number of carbonyl (C=O) groups is 1. The summed E-state index contributed by atoms with van der Waals surface area (Å²) in [5.41, 5.74) is 0. The van der Waals surface area contributed by atoms with Crippen molar-refractivity contribution in [2.45, 2.75) is 32.4 Å². The molecule has 0 aromatic rings. The summed E-state index contributed by atoms with van der Waals surface area (Å²) in [6.07, 6.45) is 0.606. The van der Waals surface area contributed by atoms with Gasteiger partial charge in [0.1, 0.15) is 0 Å². The van der Waals surface area contributed by atoms with E-state index in [9.17, 15) is 9.18 Å². The van der Waals surface area contributed by atoms with Crippen LogP contribution in [0.5, 0.6) is 0 Å². The standard InChI is InChI=1S/C7H11FO/c1-5-2-3-7(9)6(8)4-5/h5-6H,2-4H2,1H3/t5-,6-/m0/s1. The average molecular weight is 130 g/mol. The molecule has 2 atom stereocenters. The topological polar surface area (TPSA) is 17.1 Å². The summed E-state index contributed by atoms with van der Waals surface area (Å²) in [5, 5.41) is 0. The first-order valence-electron chi connectivity index (χ1n) is 3.37. The molecule has 0 radical (unpaired) electrons. The Hall–Kier alpha value is -0.400. The minimum Gasteiger partial charge on any atom is -0.296 e. The SMILES string of the molecule is C[C@H]1CCC(=O)[C@@H](F)C1. The van der Waals surface area contributed by atoms with Crippen LogP contribution in [0.2, 0.25) is 0 Å². The van der Waals surface area contributed by atoms with Gasteiger partial charge in [-0.1, -0.05) is 6.92 Å². The zero-order valence-electron chi connectivity index (χ0n) is 5.56. The first kappa shape index (κ1) is 6.72. The molecule has 0 saturated heterocycles. The van der Waals surface area contributed by atoms with E-state index < -0.39 is 6.17 Å². The van der Waals surface area contributed by atoms with E-state index in [0.717, 1.165) is 6.42 Å². The maximum Gasteiger partial charge on any atom is 0.166 e. The Labute approximate surface area is 54.3 Å². The summed E-state index contributed by atoms with van der Waals surface area (Å²) in [4.78, 5) is 10.6. The van der Waals surface area contributed by atoms with Gasteiger partial charge in [0.2, 0.25) is 0 Å².